The van der Waals surface area contributed by atoms with Crippen molar-refractivity contribution >= 4 is 35.2 Å². The zero-order valence-electron chi connectivity index (χ0n) is 9.14. The van der Waals surface area contributed by atoms with Gasteiger partial charge in [-0.25, -0.2) is 0 Å². The minimum Gasteiger partial charge on any atom is -0.480 e. The normalized spacial score (nSPS) is 11.9. The first-order valence-corrected chi connectivity index (χ1v) is 6.26. The highest BCUT2D eigenvalue weighted by Gasteiger charge is 2.13. The van der Waals surface area contributed by atoms with Crippen LogP contribution in [0.2, 0.25) is 5.02 Å². The Kier molecular flexibility index (Phi) is 5.31. The van der Waals surface area contributed by atoms with Crippen molar-refractivity contribution in [2.75, 3.05) is 5.75 Å². The molecule has 0 saturated heterocycles. The van der Waals surface area contributed by atoms with Crippen LogP contribution in [-0.2, 0) is 9.59 Å². The number of carbonyl (C=O) groups excluding carboxylic acids is 1. The zero-order chi connectivity index (χ0) is 12.8. The number of hydrogen-bond donors (Lipinski definition) is 2. The largest absolute Gasteiger partial charge is 0.480 e. The lowest BCUT2D eigenvalue weighted by Crippen LogP contribution is -2.39. The van der Waals surface area contributed by atoms with E-state index in [1.807, 2.05) is 0 Å². The van der Waals surface area contributed by atoms with Crippen molar-refractivity contribution in [1.82, 2.24) is 5.32 Å². The molecule has 0 heterocycles. The maximum atomic E-state index is 11.4. The molecule has 1 amide bonds. The van der Waals surface area contributed by atoms with Crippen LogP contribution in [0.15, 0.2) is 29.2 Å². The fourth-order valence-corrected chi connectivity index (χ4v) is 1.86. The number of benzene rings is 1. The predicted molar refractivity (Wildman–Crippen MR) is 67.4 cm³/mol. The third-order valence-electron chi connectivity index (χ3n) is 1.93. The van der Waals surface area contributed by atoms with Crippen LogP contribution in [0.3, 0.4) is 0 Å². The smallest absolute Gasteiger partial charge is 0.325 e. The van der Waals surface area contributed by atoms with E-state index < -0.39 is 12.0 Å². The van der Waals surface area contributed by atoms with Gasteiger partial charge in [0.2, 0.25) is 5.91 Å². The van der Waals surface area contributed by atoms with Gasteiger partial charge in [0.05, 0.1) is 5.75 Å². The molecule has 0 spiro atoms. The Morgan fingerprint density at radius 2 is 2.00 bits per heavy atom. The van der Waals surface area contributed by atoms with Crippen LogP contribution >= 0.6 is 23.4 Å². The molecule has 92 valence electrons. The average molecular weight is 274 g/mol. The van der Waals surface area contributed by atoms with Crippen molar-refractivity contribution in [1.29, 1.82) is 0 Å². The topological polar surface area (TPSA) is 66.4 Å². The molecule has 6 heteroatoms. The van der Waals surface area contributed by atoms with E-state index in [1.165, 1.54) is 18.7 Å². The number of amides is 1. The summed E-state index contributed by atoms with van der Waals surface area (Å²) in [7, 11) is 0. The van der Waals surface area contributed by atoms with Gasteiger partial charge in [-0.15, -0.1) is 11.8 Å². The average Bonchev–Trinajstić information content (AvgIpc) is 2.28. The van der Waals surface area contributed by atoms with Crippen LogP contribution in [0.4, 0.5) is 0 Å². The molecule has 17 heavy (non-hydrogen) atoms. The van der Waals surface area contributed by atoms with E-state index in [9.17, 15) is 9.59 Å². The van der Waals surface area contributed by atoms with E-state index >= 15 is 0 Å². The van der Waals surface area contributed by atoms with E-state index in [0.717, 1.165) is 4.90 Å². The Labute approximate surface area is 108 Å². The molecular weight excluding hydrogens is 262 g/mol. The molecule has 0 aliphatic rings. The predicted octanol–water partition coefficient (Wildman–Crippen LogP) is 2.02. The van der Waals surface area contributed by atoms with Crippen molar-refractivity contribution < 1.29 is 14.7 Å². The quantitative estimate of drug-likeness (QED) is 0.806. The van der Waals surface area contributed by atoms with E-state index in [4.69, 9.17) is 16.7 Å². The number of carboxylic acids is 1. The Balaban J connectivity index is 2.38. The number of carboxylic acid groups (broad SMARTS) is 1. The molecule has 0 aliphatic heterocycles. The number of thioether (sulfide) groups is 1. The molecule has 0 saturated carbocycles. The van der Waals surface area contributed by atoms with Crippen molar-refractivity contribution in [2.24, 2.45) is 0 Å². The summed E-state index contributed by atoms with van der Waals surface area (Å²) < 4.78 is 0. The molecule has 1 aromatic rings. The van der Waals surface area contributed by atoms with Crippen LogP contribution in [0.25, 0.3) is 0 Å². The molecule has 4 nitrogen and oxygen atoms in total. The SMILES string of the molecule is CC(NC(=O)CSc1ccc(Cl)cc1)C(=O)O. The molecule has 0 bridgehead atoms. The van der Waals surface area contributed by atoms with Gasteiger partial charge < -0.3 is 10.4 Å². The second kappa shape index (κ2) is 6.51. The minimum atomic E-state index is -1.05. The molecule has 1 unspecified atom stereocenters. The van der Waals surface area contributed by atoms with Crippen LogP contribution in [0.5, 0.6) is 0 Å². The highest BCUT2D eigenvalue weighted by Crippen LogP contribution is 2.19. The maximum Gasteiger partial charge on any atom is 0.325 e. The first-order valence-electron chi connectivity index (χ1n) is 4.89. The molecule has 0 aliphatic carbocycles. The summed E-state index contributed by atoms with van der Waals surface area (Å²) in [6, 6.07) is 6.22. The van der Waals surface area contributed by atoms with Crippen LogP contribution < -0.4 is 5.32 Å². The number of halogens is 1. The van der Waals surface area contributed by atoms with Gasteiger partial charge in [-0.3, -0.25) is 9.59 Å². The summed E-state index contributed by atoms with van der Waals surface area (Å²) >= 11 is 7.05. The Bertz CT molecular complexity index is 408. The number of hydrogen-bond acceptors (Lipinski definition) is 3. The Hall–Kier alpha value is -1.20. The summed E-state index contributed by atoms with van der Waals surface area (Å²) in [5.41, 5.74) is 0. The van der Waals surface area contributed by atoms with Gasteiger partial charge in [-0.1, -0.05) is 11.6 Å². The molecule has 0 fully saturated rings. The molecule has 1 atom stereocenters. The second-order valence-corrected chi connectivity index (χ2v) is 4.86. The summed E-state index contributed by atoms with van der Waals surface area (Å²) in [4.78, 5) is 22.8. The third kappa shape index (κ3) is 5.10. The van der Waals surface area contributed by atoms with Crippen molar-refractivity contribution in [3.63, 3.8) is 0 Å². The lowest BCUT2D eigenvalue weighted by molar-refractivity contribution is -0.140. The van der Waals surface area contributed by atoms with Gasteiger partial charge in [0.25, 0.3) is 0 Å². The van der Waals surface area contributed by atoms with Crippen LogP contribution in [0.1, 0.15) is 6.92 Å². The molecule has 1 rings (SSSR count). The minimum absolute atomic E-state index is 0.180. The fourth-order valence-electron chi connectivity index (χ4n) is 1.02. The monoisotopic (exact) mass is 273 g/mol. The fraction of sp³-hybridized carbons (Fsp3) is 0.273. The zero-order valence-corrected chi connectivity index (χ0v) is 10.7. The number of aliphatic carboxylic acids is 1. The highest BCUT2D eigenvalue weighted by atomic mass is 35.5. The van der Waals surface area contributed by atoms with Crippen LogP contribution in [0, 0.1) is 0 Å². The number of carbonyl (C=O) groups is 2. The second-order valence-electron chi connectivity index (χ2n) is 3.37. The van der Waals surface area contributed by atoms with Crippen molar-refractivity contribution in [3.05, 3.63) is 29.3 Å². The van der Waals surface area contributed by atoms with Gasteiger partial charge in [-0.2, -0.15) is 0 Å². The van der Waals surface area contributed by atoms with Crippen molar-refractivity contribution in [2.45, 2.75) is 17.9 Å². The van der Waals surface area contributed by atoms with Gasteiger partial charge in [0.15, 0.2) is 0 Å². The Morgan fingerprint density at radius 3 is 2.53 bits per heavy atom. The van der Waals surface area contributed by atoms with Gasteiger partial charge >= 0.3 is 5.97 Å². The van der Waals surface area contributed by atoms with E-state index in [-0.39, 0.29) is 11.7 Å². The molecule has 2 N–H and O–H groups in total. The van der Waals surface area contributed by atoms with E-state index in [1.54, 1.807) is 24.3 Å². The first-order chi connectivity index (χ1) is 7.99. The summed E-state index contributed by atoms with van der Waals surface area (Å²) in [5, 5.41) is 11.6. The lowest BCUT2D eigenvalue weighted by Gasteiger charge is -2.08. The standard InChI is InChI=1S/C11H12ClNO3S/c1-7(11(15)16)13-10(14)6-17-9-4-2-8(12)3-5-9/h2-5,7H,6H2,1H3,(H,13,14)(H,15,16). The number of rotatable bonds is 5. The maximum absolute atomic E-state index is 11.4. The van der Waals surface area contributed by atoms with Gasteiger partial charge in [0.1, 0.15) is 6.04 Å². The molecular formula is C11H12ClNO3S. The van der Waals surface area contributed by atoms with E-state index in [0.29, 0.717) is 5.02 Å². The molecule has 0 radical (unpaired) electrons. The van der Waals surface area contributed by atoms with E-state index in [2.05, 4.69) is 5.32 Å². The lowest BCUT2D eigenvalue weighted by atomic mass is 10.3. The summed E-state index contributed by atoms with van der Waals surface area (Å²) in [6.07, 6.45) is 0. The van der Waals surface area contributed by atoms with Gasteiger partial charge in [-0.05, 0) is 31.2 Å². The number of nitrogens with one attached hydrogen (secondary N) is 1. The van der Waals surface area contributed by atoms with Gasteiger partial charge in [0, 0.05) is 9.92 Å². The third-order valence-corrected chi connectivity index (χ3v) is 3.20. The Morgan fingerprint density at radius 1 is 1.41 bits per heavy atom. The summed E-state index contributed by atoms with van der Waals surface area (Å²) in [5.74, 6) is -1.17. The van der Waals surface area contributed by atoms with Crippen molar-refractivity contribution in [3.8, 4) is 0 Å². The highest BCUT2D eigenvalue weighted by molar-refractivity contribution is 8.00. The summed E-state index contributed by atoms with van der Waals surface area (Å²) in [6.45, 7) is 1.42. The first kappa shape index (κ1) is 13.9. The molecule has 1 aromatic carbocycles. The van der Waals surface area contributed by atoms with Crippen LogP contribution in [-0.4, -0.2) is 28.8 Å². The molecule has 0 aromatic heterocycles.